The molecule has 0 bridgehead atoms. The van der Waals surface area contributed by atoms with Gasteiger partial charge in [0.25, 0.3) is 0 Å². The predicted octanol–water partition coefficient (Wildman–Crippen LogP) is -0.140. The summed E-state index contributed by atoms with van der Waals surface area (Å²) in [6, 6.07) is -0.716. The second kappa shape index (κ2) is 9.61. The maximum atomic E-state index is 10.1. The number of hydrogen-bond acceptors (Lipinski definition) is 3. The highest BCUT2D eigenvalue weighted by Gasteiger charge is 2.09. The van der Waals surface area contributed by atoms with Gasteiger partial charge in [-0.05, 0) is 26.3 Å². The first-order chi connectivity index (χ1) is 8.51. The zero-order valence-electron chi connectivity index (χ0n) is 11.2. The van der Waals surface area contributed by atoms with Gasteiger partial charge in [-0.15, -0.1) is 0 Å². The number of nitrogens with two attached hydrogens (primary N) is 2. The van der Waals surface area contributed by atoms with Crippen LogP contribution >= 0.6 is 0 Å². The Balaban J connectivity index is 0.000000327. The summed E-state index contributed by atoms with van der Waals surface area (Å²) >= 11 is 0. The lowest BCUT2D eigenvalue weighted by Gasteiger charge is -2.03. The first kappa shape index (κ1) is 16.6. The fraction of sp³-hybridized carbons (Fsp3) is 0.667. The minimum Gasteiger partial charge on any atom is -0.480 e. The standard InChI is InChI=1S/C6H14N2O2.C6H11N2/c7-4-2-1-3-5(8)6(9)10;1-3-8-5-4-7(2)6-8/h5H,1-4,7-8H2,(H,9,10);4-6H,3H2,1-2H3/q;+1/t5-;/m0./s1. The van der Waals surface area contributed by atoms with E-state index in [1.165, 1.54) is 0 Å². The van der Waals surface area contributed by atoms with Gasteiger partial charge in [0.2, 0.25) is 6.33 Å². The fourth-order valence-electron chi connectivity index (χ4n) is 1.32. The largest absolute Gasteiger partial charge is 0.480 e. The molecule has 0 saturated heterocycles. The summed E-state index contributed by atoms with van der Waals surface area (Å²) in [5.74, 6) is -0.933. The molecular formula is C12H25N4O2+. The Bertz CT molecular complexity index is 339. The van der Waals surface area contributed by atoms with Gasteiger partial charge in [0.1, 0.15) is 18.4 Å². The number of carboxylic acids is 1. The summed E-state index contributed by atoms with van der Waals surface area (Å²) in [6.07, 6.45) is 8.31. The van der Waals surface area contributed by atoms with Crippen molar-refractivity contribution in [1.82, 2.24) is 4.57 Å². The highest BCUT2D eigenvalue weighted by molar-refractivity contribution is 5.72. The zero-order chi connectivity index (χ0) is 14.0. The number of aryl methyl sites for hydroxylation is 2. The van der Waals surface area contributed by atoms with Crippen LogP contribution in [-0.4, -0.2) is 28.2 Å². The van der Waals surface area contributed by atoms with Gasteiger partial charge in [0.05, 0.1) is 13.6 Å². The normalized spacial score (nSPS) is 11.6. The van der Waals surface area contributed by atoms with Gasteiger partial charge in [0, 0.05) is 0 Å². The van der Waals surface area contributed by atoms with Crippen LogP contribution in [0.2, 0.25) is 0 Å². The quantitative estimate of drug-likeness (QED) is 0.488. The molecule has 1 atom stereocenters. The van der Waals surface area contributed by atoms with E-state index in [2.05, 4.69) is 24.0 Å². The van der Waals surface area contributed by atoms with Crippen molar-refractivity contribution in [2.75, 3.05) is 6.54 Å². The lowest BCUT2D eigenvalue weighted by molar-refractivity contribution is -0.693. The van der Waals surface area contributed by atoms with Crippen LogP contribution in [-0.2, 0) is 18.4 Å². The van der Waals surface area contributed by atoms with Crippen LogP contribution in [0.15, 0.2) is 18.7 Å². The van der Waals surface area contributed by atoms with Crippen LogP contribution in [0.25, 0.3) is 0 Å². The van der Waals surface area contributed by atoms with Gasteiger partial charge >= 0.3 is 5.97 Å². The molecule has 0 radical (unpaired) electrons. The molecule has 6 heteroatoms. The summed E-state index contributed by atoms with van der Waals surface area (Å²) in [4.78, 5) is 10.1. The summed E-state index contributed by atoms with van der Waals surface area (Å²) in [6.45, 7) is 3.78. The molecule has 0 aromatic carbocycles. The summed E-state index contributed by atoms with van der Waals surface area (Å²) in [5, 5.41) is 8.33. The molecule has 6 nitrogen and oxygen atoms in total. The van der Waals surface area contributed by atoms with Gasteiger partial charge in [-0.25, -0.2) is 9.13 Å². The molecule has 0 fully saturated rings. The van der Waals surface area contributed by atoms with E-state index in [1.54, 1.807) is 0 Å². The summed E-state index contributed by atoms with van der Waals surface area (Å²) in [5.41, 5.74) is 10.4. The maximum absolute atomic E-state index is 10.1. The molecule has 18 heavy (non-hydrogen) atoms. The zero-order valence-corrected chi connectivity index (χ0v) is 11.2. The van der Waals surface area contributed by atoms with Crippen LogP contribution in [0, 0.1) is 0 Å². The average Bonchev–Trinajstić information content (AvgIpc) is 2.76. The van der Waals surface area contributed by atoms with Gasteiger partial charge in [0.15, 0.2) is 0 Å². The molecule has 1 heterocycles. The highest BCUT2D eigenvalue weighted by atomic mass is 16.4. The number of rotatable bonds is 6. The third kappa shape index (κ3) is 7.81. The summed E-state index contributed by atoms with van der Waals surface area (Å²) in [7, 11) is 2.02. The Morgan fingerprint density at radius 1 is 1.50 bits per heavy atom. The maximum Gasteiger partial charge on any atom is 0.320 e. The van der Waals surface area contributed by atoms with Crippen molar-refractivity contribution < 1.29 is 14.5 Å². The number of unbranched alkanes of at least 4 members (excludes halogenated alkanes) is 1. The van der Waals surface area contributed by atoms with Crippen molar-refractivity contribution in [2.45, 2.75) is 38.8 Å². The SMILES string of the molecule is CC[n+]1ccn(C)c1.NCCCC[C@H](N)C(=O)O. The second-order valence-corrected chi connectivity index (χ2v) is 4.14. The monoisotopic (exact) mass is 257 g/mol. The number of carbonyl (C=O) groups is 1. The predicted molar refractivity (Wildman–Crippen MR) is 69.8 cm³/mol. The Morgan fingerprint density at radius 3 is 2.50 bits per heavy atom. The number of imidazole rings is 1. The van der Waals surface area contributed by atoms with E-state index in [0.29, 0.717) is 13.0 Å². The minimum atomic E-state index is -0.933. The lowest BCUT2D eigenvalue weighted by Crippen LogP contribution is -2.29. The molecule has 1 aromatic heterocycles. The molecule has 1 rings (SSSR count). The van der Waals surface area contributed by atoms with Crippen molar-refractivity contribution in [2.24, 2.45) is 18.5 Å². The number of aliphatic carboxylic acids is 1. The molecule has 0 aliphatic rings. The molecule has 0 unspecified atom stereocenters. The Morgan fingerprint density at radius 2 is 2.17 bits per heavy atom. The van der Waals surface area contributed by atoms with Gasteiger partial charge in [-0.1, -0.05) is 6.42 Å². The molecule has 104 valence electrons. The molecular weight excluding hydrogens is 232 g/mol. The molecule has 0 aliphatic carbocycles. The first-order valence-corrected chi connectivity index (χ1v) is 6.20. The fourth-order valence-corrected chi connectivity index (χ4v) is 1.32. The van der Waals surface area contributed by atoms with E-state index in [0.717, 1.165) is 19.4 Å². The van der Waals surface area contributed by atoms with Crippen molar-refractivity contribution in [1.29, 1.82) is 0 Å². The van der Waals surface area contributed by atoms with Crippen molar-refractivity contribution in [3.8, 4) is 0 Å². The van der Waals surface area contributed by atoms with Crippen LogP contribution in [0.1, 0.15) is 26.2 Å². The third-order valence-corrected chi connectivity index (χ3v) is 2.48. The van der Waals surface area contributed by atoms with Crippen LogP contribution in [0.4, 0.5) is 0 Å². The minimum absolute atomic E-state index is 0.520. The molecule has 5 N–H and O–H groups in total. The summed E-state index contributed by atoms with van der Waals surface area (Å²) < 4.78 is 4.16. The highest BCUT2D eigenvalue weighted by Crippen LogP contribution is 1.96. The number of aromatic nitrogens is 2. The lowest BCUT2D eigenvalue weighted by atomic mass is 10.1. The van der Waals surface area contributed by atoms with Crippen molar-refractivity contribution in [3.63, 3.8) is 0 Å². The van der Waals surface area contributed by atoms with E-state index in [9.17, 15) is 4.79 Å². The van der Waals surface area contributed by atoms with Crippen LogP contribution in [0.5, 0.6) is 0 Å². The Hall–Kier alpha value is -1.40. The molecule has 1 aromatic rings. The van der Waals surface area contributed by atoms with Crippen LogP contribution in [0.3, 0.4) is 0 Å². The van der Waals surface area contributed by atoms with E-state index >= 15 is 0 Å². The van der Waals surface area contributed by atoms with E-state index < -0.39 is 12.0 Å². The second-order valence-electron chi connectivity index (χ2n) is 4.14. The number of carboxylic acid groups (broad SMARTS) is 1. The Kier molecular flexibility index (Phi) is 8.86. The topological polar surface area (TPSA) is 98.1 Å². The average molecular weight is 257 g/mol. The van der Waals surface area contributed by atoms with Crippen LogP contribution < -0.4 is 16.0 Å². The molecule has 0 spiro atoms. The smallest absolute Gasteiger partial charge is 0.320 e. The van der Waals surface area contributed by atoms with Gasteiger partial charge < -0.3 is 16.6 Å². The van der Waals surface area contributed by atoms with Crippen molar-refractivity contribution >= 4 is 5.97 Å². The molecule has 0 saturated carbocycles. The van der Waals surface area contributed by atoms with E-state index in [4.69, 9.17) is 16.6 Å². The van der Waals surface area contributed by atoms with E-state index in [-0.39, 0.29) is 0 Å². The Labute approximate surface area is 108 Å². The molecule has 0 aliphatic heterocycles. The van der Waals surface area contributed by atoms with Gasteiger partial charge in [-0.2, -0.15) is 0 Å². The molecule has 0 amide bonds. The first-order valence-electron chi connectivity index (χ1n) is 6.20. The van der Waals surface area contributed by atoms with Crippen molar-refractivity contribution in [3.05, 3.63) is 18.7 Å². The number of nitrogens with zero attached hydrogens (tertiary/aromatic N) is 2. The third-order valence-electron chi connectivity index (χ3n) is 2.48. The van der Waals surface area contributed by atoms with Gasteiger partial charge in [-0.3, -0.25) is 4.79 Å². The number of hydrogen-bond donors (Lipinski definition) is 3. The van der Waals surface area contributed by atoms with E-state index in [1.807, 2.05) is 17.8 Å².